The topological polar surface area (TPSA) is 0 Å². The lowest BCUT2D eigenvalue weighted by molar-refractivity contribution is 1.60. The lowest BCUT2D eigenvalue weighted by atomic mass is 9.83. The zero-order valence-corrected chi connectivity index (χ0v) is 19.9. The first-order chi connectivity index (χ1) is 17.9. The van der Waals surface area contributed by atoms with Crippen molar-refractivity contribution in [3.05, 3.63) is 146 Å². The van der Waals surface area contributed by atoms with E-state index in [-0.39, 0.29) is 0 Å². The molecule has 168 valence electrons. The van der Waals surface area contributed by atoms with Crippen LogP contribution in [0.15, 0.2) is 146 Å². The summed E-state index contributed by atoms with van der Waals surface area (Å²) < 4.78 is 0. The summed E-state index contributed by atoms with van der Waals surface area (Å²) in [4.78, 5) is 0. The van der Waals surface area contributed by atoms with Gasteiger partial charge in [0.15, 0.2) is 0 Å². The minimum Gasteiger partial charge on any atom is -0.0622 e. The van der Waals surface area contributed by atoms with E-state index in [1.807, 2.05) is 0 Å². The standard InChI is InChI=1S/C36H24/c1-3-11-25(12-4-1)32-21-19-27-15-9-10-18-31(27)35(32)36-33(26-13-5-2-6-14-26)22-20-30-23-28-16-7-8-17-29(28)24-34(30)36/h1-24H. The van der Waals surface area contributed by atoms with Gasteiger partial charge in [-0.1, -0.05) is 133 Å². The first-order valence-electron chi connectivity index (χ1n) is 12.5. The first-order valence-corrected chi connectivity index (χ1v) is 12.5. The third-order valence-electron chi connectivity index (χ3n) is 7.23. The van der Waals surface area contributed by atoms with Crippen LogP contribution in [0.3, 0.4) is 0 Å². The molecular formula is C36H24. The Kier molecular flexibility index (Phi) is 4.89. The lowest BCUT2D eigenvalue weighted by Gasteiger charge is -2.20. The number of rotatable bonds is 3. The fraction of sp³-hybridized carbons (Fsp3) is 0. The van der Waals surface area contributed by atoms with E-state index in [2.05, 4.69) is 146 Å². The van der Waals surface area contributed by atoms with Gasteiger partial charge in [-0.05, 0) is 77.8 Å². The Bertz CT molecular complexity index is 1860. The lowest BCUT2D eigenvalue weighted by Crippen LogP contribution is -1.93. The van der Waals surface area contributed by atoms with E-state index in [1.165, 1.54) is 65.7 Å². The highest BCUT2D eigenvalue weighted by molar-refractivity contribution is 6.16. The quantitative estimate of drug-likeness (QED) is 0.232. The summed E-state index contributed by atoms with van der Waals surface area (Å²) in [6.07, 6.45) is 0. The Morgan fingerprint density at radius 1 is 0.278 bits per heavy atom. The summed E-state index contributed by atoms with van der Waals surface area (Å²) in [6, 6.07) is 52.8. The monoisotopic (exact) mass is 456 g/mol. The maximum Gasteiger partial charge on any atom is -0.00141 e. The smallest absolute Gasteiger partial charge is 0.00141 e. The van der Waals surface area contributed by atoms with Crippen molar-refractivity contribution in [1.29, 1.82) is 0 Å². The van der Waals surface area contributed by atoms with Crippen LogP contribution in [0.5, 0.6) is 0 Å². The maximum atomic E-state index is 2.38. The van der Waals surface area contributed by atoms with Crippen molar-refractivity contribution in [2.45, 2.75) is 0 Å². The molecule has 0 amide bonds. The molecule has 7 aromatic rings. The van der Waals surface area contributed by atoms with Crippen molar-refractivity contribution in [3.63, 3.8) is 0 Å². The molecule has 0 N–H and O–H groups in total. The second kappa shape index (κ2) is 8.52. The van der Waals surface area contributed by atoms with Crippen molar-refractivity contribution < 1.29 is 0 Å². The van der Waals surface area contributed by atoms with Gasteiger partial charge in [0.05, 0.1) is 0 Å². The normalized spacial score (nSPS) is 11.3. The predicted molar refractivity (Wildman–Crippen MR) is 155 cm³/mol. The molecule has 0 heteroatoms. The van der Waals surface area contributed by atoms with E-state index in [0.717, 1.165) is 0 Å². The molecule has 0 saturated heterocycles. The van der Waals surface area contributed by atoms with Crippen molar-refractivity contribution in [3.8, 4) is 33.4 Å². The minimum atomic E-state index is 1.23. The zero-order chi connectivity index (χ0) is 23.9. The highest BCUT2D eigenvalue weighted by Crippen LogP contribution is 2.46. The fourth-order valence-electron chi connectivity index (χ4n) is 5.54. The molecule has 0 atom stereocenters. The number of fused-ring (bicyclic) bond motifs is 3. The molecule has 0 aromatic heterocycles. The van der Waals surface area contributed by atoms with Gasteiger partial charge in [0.1, 0.15) is 0 Å². The number of hydrogen-bond acceptors (Lipinski definition) is 0. The van der Waals surface area contributed by atoms with Crippen LogP contribution in [0, 0.1) is 0 Å². The van der Waals surface area contributed by atoms with Crippen LogP contribution in [-0.4, -0.2) is 0 Å². The van der Waals surface area contributed by atoms with Crippen molar-refractivity contribution in [2.75, 3.05) is 0 Å². The third kappa shape index (κ3) is 3.39. The van der Waals surface area contributed by atoms with E-state index in [1.54, 1.807) is 0 Å². The molecular weight excluding hydrogens is 432 g/mol. The van der Waals surface area contributed by atoms with Crippen LogP contribution < -0.4 is 0 Å². The Labute approximate surface area is 211 Å². The molecule has 0 radical (unpaired) electrons. The minimum absolute atomic E-state index is 1.23. The molecule has 0 nitrogen and oxygen atoms in total. The average molecular weight is 457 g/mol. The van der Waals surface area contributed by atoms with Crippen molar-refractivity contribution in [2.24, 2.45) is 0 Å². The van der Waals surface area contributed by atoms with Gasteiger partial charge in [0.2, 0.25) is 0 Å². The Hall–Kier alpha value is -4.68. The number of hydrogen-bond donors (Lipinski definition) is 0. The molecule has 36 heavy (non-hydrogen) atoms. The highest BCUT2D eigenvalue weighted by Gasteiger charge is 2.19. The molecule has 0 fully saturated rings. The van der Waals surface area contributed by atoms with Gasteiger partial charge in [-0.15, -0.1) is 0 Å². The highest BCUT2D eigenvalue weighted by atomic mass is 14.2. The third-order valence-corrected chi connectivity index (χ3v) is 7.23. The van der Waals surface area contributed by atoms with Crippen LogP contribution in [0.2, 0.25) is 0 Å². The molecule has 0 unspecified atom stereocenters. The molecule has 0 saturated carbocycles. The number of benzene rings is 7. The Morgan fingerprint density at radius 3 is 1.39 bits per heavy atom. The van der Waals surface area contributed by atoms with Gasteiger partial charge in [-0.3, -0.25) is 0 Å². The summed E-state index contributed by atoms with van der Waals surface area (Å²) in [5.41, 5.74) is 7.56. The van der Waals surface area contributed by atoms with Crippen LogP contribution >= 0.6 is 0 Å². The molecule has 7 aromatic carbocycles. The van der Waals surface area contributed by atoms with Crippen LogP contribution in [0.25, 0.3) is 65.7 Å². The van der Waals surface area contributed by atoms with Crippen LogP contribution in [0.4, 0.5) is 0 Å². The van der Waals surface area contributed by atoms with Crippen molar-refractivity contribution >= 4 is 32.3 Å². The summed E-state index contributed by atoms with van der Waals surface area (Å²) in [7, 11) is 0. The van der Waals surface area contributed by atoms with Gasteiger partial charge in [-0.25, -0.2) is 0 Å². The SMILES string of the molecule is c1ccc(-c2ccc3ccccc3c2-c2c(-c3ccccc3)ccc3cc4ccccc4cc23)cc1. The second-order valence-electron chi connectivity index (χ2n) is 9.35. The second-order valence-corrected chi connectivity index (χ2v) is 9.35. The summed E-state index contributed by atoms with van der Waals surface area (Å²) >= 11 is 0. The molecule has 7 rings (SSSR count). The van der Waals surface area contributed by atoms with Gasteiger partial charge in [0.25, 0.3) is 0 Å². The molecule has 0 aliphatic heterocycles. The van der Waals surface area contributed by atoms with Crippen LogP contribution in [-0.2, 0) is 0 Å². The fourth-order valence-corrected chi connectivity index (χ4v) is 5.54. The summed E-state index contributed by atoms with van der Waals surface area (Å²) in [6.45, 7) is 0. The molecule has 0 heterocycles. The van der Waals surface area contributed by atoms with Crippen molar-refractivity contribution in [1.82, 2.24) is 0 Å². The maximum absolute atomic E-state index is 2.38. The van der Waals surface area contributed by atoms with Crippen LogP contribution in [0.1, 0.15) is 0 Å². The van der Waals surface area contributed by atoms with E-state index in [9.17, 15) is 0 Å². The molecule has 0 bridgehead atoms. The van der Waals surface area contributed by atoms with E-state index in [4.69, 9.17) is 0 Å². The van der Waals surface area contributed by atoms with E-state index in [0.29, 0.717) is 0 Å². The van der Waals surface area contributed by atoms with Gasteiger partial charge >= 0.3 is 0 Å². The Morgan fingerprint density at radius 2 is 0.750 bits per heavy atom. The summed E-state index contributed by atoms with van der Waals surface area (Å²) in [5, 5.41) is 7.60. The zero-order valence-electron chi connectivity index (χ0n) is 19.9. The molecule has 0 spiro atoms. The first kappa shape index (κ1) is 20.7. The van der Waals surface area contributed by atoms with Gasteiger partial charge in [0, 0.05) is 0 Å². The summed E-state index contributed by atoms with van der Waals surface area (Å²) in [5.74, 6) is 0. The van der Waals surface area contributed by atoms with E-state index < -0.39 is 0 Å². The molecule has 0 aliphatic rings. The average Bonchev–Trinajstić information content (AvgIpc) is 2.96. The predicted octanol–water partition coefficient (Wildman–Crippen LogP) is 10.1. The Balaban J connectivity index is 1.70. The van der Waals surface area contributed by atoms with E-state index >= 15 is 0 Å². The molecule has 0 aliphatic carbocycles. The van der Waals surface area contributed by atoms with Gasteiger partial charge in [-0.2, -0.15) is 0 Å². The van der Waals surface area contributed by atoms with Gasteiger partial charge < -0.3 is 0 Å². The largest absolute Gasteiger partial charge is 0.0622 e.